The second-order valence-corrected chi connectivity index (χ2v) is 4.66. The molecule has 1 rings (SSSR count). The summed E-state index contributed by atoms with van der Waals surface area (Å²) in [6, 6.07) is 4.72. The van der Waals surface area contributed by atoms with Crippen LogP contribution in [-0.2, 0) is 6.54 Å². The third kappa shape index (κ3) is 5.80. The largest absolute Gasteiger partial charge is 0.317 e. The van der Waals surface area contributed by atoms with Gasteiger partial charge in [-0.2, -0.15) is 0 Å². The molecule has 1 aromatic rings. The number of hydrogen-bond donors (Lipinski definition) is 1. The third-order valence-corrected chi connectivity index (χ3v) is 3.07. The molecule has 0 amide bonds. The molecular weight excluding hydrogens is 210 g/mol. The molecule has 0 radical (unpaired) electrons. The molecule has 0 spiro atoms. The number of aromatic nitrogens is 1. The van der Waals surface area contributed by atoms with Crippen LogP contribution < -0.4 is 5.32 Å². The van der Waals surface area contributed by atoms with Gasteiger partial charge in [-0.15, -0.1) is 0 Å². The summed E-state index contributed by atoms with van der Waals surface area (Å²) in [6.45, 7) is 7.68. The van der Waals surface area contributed by atoms with E-state index >= 15 is 0 Å². The Hall–Kier alpha value is -0.930. The molecule has 0 bridgehead atoms. The van der Waals surface area contributed by atoms with E-state index in [1.54, 1.807) is 0 Å². The average molecular weight is 235 g/mol. The van der Waals surface area contributed by atoms with Gasteiger partial charge < -0.3 is 5.32 Å². The molecule has 0 saturated carbocycles. The van der Waals surface area contributed by atoms with Crippen molar-refractivity contribution >= 4 is 0 Å². The van der Waals surface area contributed by atoms with Gasteiger partial charge in [-0.3, -0.25) is 9.88 Å². The summed E-state index contributed by atoms with van der Waals surface area (Å²) >= 11 is 0. The minimum Gasteiger partial charge on any atom is -0.317 e. The third-order valence-electron chi connectivity index (χ3n) is 3.07. The maximum absolute atomic E-state index is 4.14. The molecular formula is C14H25N3. The predicted octanol–water partition coefficient (Wildman–Crippen LogP) is 2.29. The summed E-state index contributed by atoms with van der Waals surface area (Å²) in [7, 11) is 2.18. The first kappa shape index (κ1) is 14.1. The number of nitrogens with one attached hydrogen (secondary N) is 1. The van der Waals surface area contributed by atoms with Crippen LogP contribution in [0.4, 0.5) is 0 Å². The molecule has 1 aromatic heterocycles. The number of pyridine rings is 1. The minimum atomic E-state index is 0.597. The lowest BCUT2D eigenvalue weighted by Gasteiger charge is -2.24. The van der Waals surface area contributed by atoms with Crippen molar-refractivity contribution in [1.29, 1.82) is 0 Å². The molecule has 3 heteroatoms. The average Bonchev–Trinajstić information content (AvgIpc) is 2.35. The Morgan fingerprint density at radius 1 is 1.41 bits per heavy atom. The highest BCUT2D eigenvalue weighted by atomic mass is 15.1. The fourth-order valence-corrected chi connectivity index (χ4v) is 1.77. The zero-order chi connectivity index (χ0) is 12.5. The van der Waals surface area contributed by atoms with Crippen molar-refractivity contribution in [3.05, 3.63) is 30.1 Å². The molecule has 0 aromatic carbocycles. The van der Waals surface area contributed by atoms with E-state index in [0.717, 1.165) is 19.6 Å². The number of hydrogen-bond acceptors (Lipinski definition) is 3. The van der Waals surface area contributed by atoms with Crippen LogP contribution in [0.2, 0.25) is 0 Å². The lowest BCUT2D eigenvalue weighted by Crippen LogP contribution is -2.32. The van der Waals surface area contributed by atoms with Crippen LogP contribution >= 0.6 is 0 Å². The first-order chi connectivity index (χ1) is 8.24. The van der Waals surface area contributed by atoms with Crippen LogP contribution in [0.3, 0.4) is 0 Å². The molecule has 1 N–H and O–H groups in total. The van der Waals surface area contributed by atoms with Crippen LogP contribution in [0.1, 0.15) is 32.3 Å². The van der Waals surface area contributed by atoms with Crippen LogP contribution in [0.15, 0.2) is 24.5 Å². The Morgan fingerprint density at radius 2 is 2.24 bits per heavy atom. The van der Waals surface area contributed by atoms with Gasteiger partial charge in [-0.25, -0.2) is 0 Å². The molecule has 96 valence electrons. The first-order valence-electron chi connectivity index (χ1n) is 6.54. The fraction of sp³-hybridized carbons (Fsp3) is 0.643. The summed E-state index contributed by atoms with van der Waals surface area (Å²) in [6.07, 6.45) is 6.16. The molecule has 1 atom stereocenters. The van der Waals surface area contributed by atoms with Crippen molar-refractivity contribution < 1.29 is 0 Å². The standard InChI is InChI=1S/C14H25N3/c1-4-8-15-10-7-13(2)17(3)12-14-6-5-9-16-11-14/h5-6,9,11,13,15H,4,7-8,10,12H2,1-3H3. The maximum atomic E-state index is 4.14. The predicted molar refractivity (Wildman–Crippen MR) is 72.9 cm³/mol. The topological polar surface area (TPSA) is 28.2 Å². The van der Waals surface area contributed by atoms with Gasteiger partial charge in [0.25, 0.3) is 0 Å². The van der Waals surface area contributed by atoms with E-state index in [1.165, 1.54) is 18.4 Å². The first-order valence-corrected chi connectivity index (χ1v) is 6.54. The van der Waals surface area contributed by atoms with E-state index in [0.29, 0.717) is 6.04 Å². The molecule has 1 heterocycles. The molecule has 0 aliphatic rings. The SMILES string of the molecule is CCCNCCC(C)N(C)Cc1cccnc1. The summed E-state index contributed by atoms with van der Waals surface area (Å²) in [5.74, 6) is 0. The van der Waals surface area contributed by atoms with Crippen molar-refractivity contribution in [1.82, 2.24) is 15.2 Å². The lowest BCUT2D eigenvalue weighted by molar-refractivity contribution is 0.236. The maximum Gasteiger partial charge on any atom is 0.0312 e. The van der Waals surface area contributed by atoms with E-state index in [-0.39, 0.29) is 0 Å². The fourth-order valence-electron chi connectivity index (χ4n) is 1.77. The van der Waals surface area contributed by atoms with Crippen molar-refractivity contribution in [2.75, 3.05) is 20.1 Å². The number of rotatable bonds is 8. The van der Waals surface area contributed by atoms with Gasteiger partial charge in [0.05, 0.1) is 0 Å². The van der Waals surface area contributed by atoms with E-state index in [2.05, 4.69) is 42.2 Å². The van der Waals surface area contributed by atoms with Gasteiger partial charge in [0.1, 0.15) is 0 Å². The van der Waals surface area contributed by atoms with Gasteiger partial charge in [0, 0.05) is 25.0 Å². The van der Waals surface area contributed by atoms with Crippen molar-refractivity contribution in [3.63, 3.8) is 0 Å². The van der Waals surface area contributed by atoms with Gasteiger partial charge in [-0.05, 0) is 51.5 Å². The van der Waals surface area contributed by atoms with E-state index in [1.807, 2.05) is 18.5 Å². The Balaban J connectivity index is 2.24. The zero-order valence-corrected chi connectivity index (χ0v) is 11.3. The van der Waals surface area contributed by atoms with Gasteiger partial charge in [0.15, 0.2) is 0 Å². The van der Waals surface area contributed by atoms with Crippen molar-refractivity contribution in [2.24, 2.45) is 0 Å². The molecule has 3 nitrogen and oxygen atoms in total. The number of nitrogens with zero attached hydrogens (tertiary/aromatic N) is 2. The summed E-state index contributed by atoms with van der Waals surface area (Å²) in [5, 5.41) is 3.45. The highest BCUT2D eigenvalue weighted by Crippen LogP contribution is 2.06. The molecule has 17 heavy (non-hydrogen) atoms. The van der Waals surface area contributed by atoms with Crippen molar-refractivity contribution in [2.45, 2.75) is 39.3 Å². The molecule has 0 fully saturated rings. The highest BCUT2D eigenvalue weighted by Gasteiger charge is 2.08. The Morgan fingerprint density at radius 3 is 2.88 bits per heavy atom. The molecule has 1 unspecified atom stereocenters. The summed E-state index contributed by atoms with van der Waals surface area (Å²) < 4.78 is 0. The van der Waals surface area contributed by atoms with Gasteiger partial charge in [0.2, 0.25) is 0 Å². The molecule has 0 aliphatic heterocycles. The Bertz CT molecular complexity index is 287. The summed E-state index contributed by atoms with van der Waals surface area (Å²) in [4.78, 5) is 6.52. The lowest BCUT2D eigenvalue weighted by atomic mass is 10.2. The minimum absolute atomic E-state index is 0.597. The van der Waals surface area contributed by atoms with Crippen LogP contribution in [0, 0.1) is 0 Å². The smallest absolute Gasteiger partial charge is 0.0312 e. The summed E-state index contributed by atoms with van der Waals surface area (Å²) in [5.41, 5.74) is 1.28. The molecule has 0 aliphatic carbocycles. The van der Waals surface area contributed by atoms with Crippen LogP contribution in [-0.4, -0.2) is 36.1 Å². The van der Waals surface area contributed by atoms with Gasteiger partial charge in [-0.1, -0.05) is 13.0 Å². The van der Waals surface area contributed by atoms with Crippen LogP contribution in [0.5, 0.6) is 0 Å². The van der Waals surface area contributed by atoms with Crippen molar-refractivity contribution in [3.8, 4) is 0 Å². The van der Waals surface area contributed by atoms with E-state index in [9.17, 15) is 0 Å². The van der Waals surface area contributed by atoms with Crippen LogP contribution in [0.25, 0.3) is 0 Å². The quantitative estimate of drug-likeness (QED) is 0.701. The van der Waals surface area contributed by atoms with Gasteiger partial charge >= 0.3 is 0 Å². The Kier molecular flexibility index (Phi) is 6.82. The zero-order valence-electron chi connectivity index (χ0n) is 11.3. The normalized spacial score (nSPS) is 12.9. The highest BCUT2D eigenvalue weighted by molar-refractivity contribution is 5.08. The monoisotopic (exact) mass is 235 g/mol. The Labute approximate surface area is 105 Å². The molecule has 0 saturated heterocycles. The second-order valence-electron chi connectivity index (χ2n) is 4.66. The van der Waals surface area contributed by atoms with E-state index < -0.39 is 0 Å². The second kappa shape index (κ2) is 8.20. The van der Waals surface area contributed by atoms with E-state index in [4.69, 9.17) is 0 Å².